The van der Waals surface area contributed by atoms with Crippen LogP contribution in [0.3, 0.4) is 0 Å². The number of benzene rings is 1. The number of carbonyl (C=O) groups is 1. The van der Waals surface area contributed by atoms with E-state index in [2.05, 4.69) is 5.32 Å². The number of hydrogen-bond donors (Lipinski definition) is 2. The lowest BCUT2D eigenvalue weighted by molar-refractivity contribution is -0.117. The Balaban J connectivity index is 2.07. The molecule has 2 unspecified atom stereocenters. The lowest BCUT2D eigenvalue weighted by Crippen LogP contribution is -2.19. The Bertz CT molecular complexity index is 410. The molecule has 0 spiro atoms. The molecular formula is C10H10ClFN2O. The predicted octanol–water partition coefficient (Wildman–Crippen LogP) is 1.76. The van der Waals surface area contributed by atoms with E-state index in [4.69, 9.17) is 17.3 Å². The first-order valence-electron chi connectivity index (χ1n) is 4.59. The van der Waals surface area contributed by atoms with Crippen molar-refractivity contribution in [2.75, 3.05) is 5.32 Å². The molecule has 2 atom stereocenters. The first-order chi connectivity index (χ1) is 7.08. The number of anilines is 1. The Morgan fingerprint density at radius 3 is 2.80 bits per heavy atom. The quantitative estimate of drug-likeness (QED) is 0.811. The van der Waals surface area contributed by atoms with E-state index in [9.17, 15) is 9.18 Å². The van der Waals surface area contributed by atoms with Gasteiger partial charge in [-0.05, 0) is 24.6 Å². The monoisotopic (exact) mass is 228 g/mol. The number of nitrogens with one attached hydrogen (secondary N) is 1. The molecule has 5 heteroatoms. The van der Waals surface area contributed by atoms with Gasteiger partial charge >= 0.3 is 0 Å². The van der Waals surface area contributed by atoms with Crippen molar-refractivity contribution in [2.45, 2.75) is 12.5 Å². The first-order valence-corrected chi connectivity index (χ1v) is 4.97. The Hall–Kier alpha value is -1.13. The topological polar surface area (TPSA) is 55.1 Å². The van der Waals surface area contributed by atoms with Crippen LogP contribution in [-0.4, -0.2) is 11.9 Å². The second-order valence-corrected chi connectivity index (χ2v) is 4.06. The zero-order chi connectivity index (χ0) is 11.0. The third-order valence-corrected chi connectivity index (χ3v) is 2.60. The van der Waals surface area contributed by atoms with Crippen molar-refractivity contribution in [1.82, 2.24) is 0 Å². The fourth-order valence-corrected chi connectivity index (χ4v) is 1.49. The van der Waals surface area contributed by atoms with Crippen molar-refractivity contribution in [3.63, 3.8) is 0 Å². The molecule has 1 aliphatic carbocycles. The zero-order valence-corrected chi connectivity index (χ0v) is 8.59. The van der Waals surface area contributed by atoms with Gasteiger partial charge in [-0.1, -0.05) is 11.6 Å². The first kappa shape index (κ1) is 10.4. The highest BCUT2D eigenvalue weighted by Crippen LogP contribution is 2.29. The SMILES string of the molecule is NC1CC1C(=O)Nc1ccc(Cl)cc1F. The molecule has 0 saturated heterocycles. The maximum absolute atomic E-state index is 13.3. The molecule has 0 aliphatic heterocycles. The van der Waals surface area contributed by atoms with Crippen LogP contribution in [0, 0.1) is 11.7 Å². The fraction of sp³-hybridized carbons (Fsp3) is 0.300. The molecule has 0 radical (unpaired) electrons. The van der Waals surface area contributed by atoms with E-state index in [1.165, 1.54) is 12.1 Å². The zero-order valence-electron chi connectivity index (χ0n) is 7.84. The average Bonchev–Trinajstić information content (AvgIpc) is 2.88. The van der Waals surface area contributed by atoms with Crippen molar-refractivity contribution < 1.29 is 9.18 Å². The number of amides is 1. The van der Waals surface area contributed by atoms with Gasteiger partial charge in [0.15, 0.2) is 0 Å². The van der Waals surface area contributed by atoms with Crippen LogP contribution in [-0.2, 0) is 4.79 Å². The molecule has 2 rings (SSSR count). The largest absolute Gasteiger partial charge is 0.327 e. The van der Waals surface area contributed by atoms with E-state index in [0.717, 1.165) is 6.07 Å². The molecule has 80 valence electrons. The molecule has 1 aromatic carbocycles. The highest BCUT2D eigenvalue weighted by Gasteiger charge is 2.40. The summed E-state index contributed by atoms with van der Waals surface area (Å²) in [6.07, 6.45) is 0.668. The third-order valence-electron chi connectivity index (χ3n) is 2.37. The van der Waals surface area contributed by atoms with E-state index < -0.39 is 5.82 Å². The van der Waals surface area contributed by atoms with Gasteiger partial charge in [0.25, 0.3) is 0 Å². The van der Waals surface area contributed by atoms with Gasteiger partial charge in [-0.2, -0.15) is 0 Å². The van der Waals surface area contributed by atoms with Gasteiger partial charge in [-0.3, -0.25) is 4.79 Å². The lowest BCUT2D eigenvalue weighted by Gasteiger charge is -2.05. The van der Waals surface area contributed by atoms with Gasteiger partial charge in [0.05, 0.1) is 11.6 Å². The molecule has 3 nitrogen and oxygen atoms in total. The average molecular weight is 229 g/mol. The van der Waals surface area contributed by atoms with Crippen LogP contribution in [0.5, 0.6) is 0 Å². The summed E-state index contributed by atoms with van der Waals surface area (Å²) >= 11 is 5.58. The maximum atomic E-state index is 13.3. The third kappa shape index (κ3) is 2.27. The van der Waals surface area contributed by atoms with Crippen molar-refractivity contribution in [2.24, 2.45) is 11.7 Å². The molecule has 0 aromatic heterocycles. The van der Waals surface area contributed by atoms with E-state index in [-0.39, 0.29) is 23.6 Å². The molecule has 1 amide bonds. The standard InChI is InChI=1S/C10H10ClFN2O/c11-5-1-2-9(7(12)3-5)14-10(15)6-4-8(6)13/h1-3,6,8H,4,13H2,(H,14,15). The molecular weight excluding hydrogens is 219 g/mol. The summed E-state index contributed by atoms with van der Waals surface area (Å²) in [6, 6.07) is 4.03. The lowest BCUT2D eigenvalue weighted by atomic mass is 10.3. The number of carbonyl (C=O) groups excluding carboxylic acids is 1. The van der Waals surface area contributed by atoms with Crippen LogP contribution < -0.4 is 11.1 Å². The summed E-state index contributed by atoms with van der Waals surface area (Å²) in [6.45, 7) is 0. The number of hydrogen-bond acceptors (Lipinski definition) is 2. The van der Waals surface area contributed by atoms with Gasteiger partial charge < -0.3 is 11.1 Å². The Kier molecular flexibility index (Phi) is 2.63. The highest BCUT2D eigenvalue weighted by atomic mass is 35.5. The normalized spacial score (nSPS) is 23.7. The minimum absolute atomic E-state index is 0.0830. The molecule has 1 aromatic rings. The van der Waals surface area contributed by atoms with E-state index >= 15 is 0 Å². The second-order valence-electron chi connectivity index (χ2n) is 3.62. The van der Waals surface area contributed by atoms with Gasteiger partial charge in [-0.25, -0.2) is 4.39 Å². The molecule has 1 aliphatic rings. The minimum atomic E-state index is -0.537. The fourth-order valence-electron chi connectivity index (χ4n) is 1.33. The second kappa shape index (κ2) is 3.79. The van der Waals surface area contributed by atoms with E-state index in [1.54, 1.807) is 0 Å². The summed E-state index contributed by atoms with van der Waals surface area (Å²) < 4.78 is 13.3. The Morgan fingerprint density at radius 1 is 1.60 bits per heavy atom. The Labute approximate surface area is 91.4 Å². The number of halogens is 2. The molecule has 1 saturated carbocycles. The van der Waals surface area contributed by atoms with Gasteiger partial charge in [-0.15, -0.1) is 0 Å². The van der Waals surface area contributed by atoms with Crippen molar-refractivity contribution in [3.05, 3.63) is 29.0 Å². The summed E-state index contributed by atoms with van der Waals surface area (Å²) in [4.78, 5) is 11.4. The minimum Gasteiger partial charge on any atom is -0.327 e. The van der Waals surface area contributed by atoms with Crippen molar-refractivity contribution in [1.29, 1.82) is 0 Å². The van der Waals surface area contributed by atoms with Crippen LogP contribution in [0.25, 0.3) is 0 Å². The molecule has 1 fully saturated rings. The molecule has 0 bridgehead atoms. The maximum Gasteiger partial charge on any atom is 0.229 e. The van der Waals surface area contributed by atoms with Gasteiger partial charge in [0.2, 0.25) is 5.91 Å². The van der Waals surface area contributed by atoms with Gasteiger partial charge in [0.1, 0.15) is 5.82 Å². The highest BCUT2D eigenvalue weighted by molar-refractivity contribution is 6.30. The van der Waals surface area contributed by atoms with Crippen LogP contribution >= 0.6 is 11.6 Å². The van der Waals surface area contributed by atoms with Gasteiger partial charge in [0, 0.05) is 11.1 Å². The van der Waals surface area contributed by atoms with Crippen molar-refractivity contribution in [3.8, 4) is 0 Å². The van der Waals surface area contributed by atoms with Crippen LogP contribution in [0.2, 0.25) is 5.02 Å². The summed E-state index contributed by atoms with van der Waals surface area (Å²) in [5, 5.41) is 2.78. The van der Waals surface area contributed by atoms with Crippen LogP contribution in [0.1, 0.15) is 6.42 Å². The number of nitrogens with two attached hydrogens (primary N) is 1. The Morgan fingerprint density at radius 2 is 2.27 bits per heavy atom. The van der Waals surface area contributed by atoms with E-state index in [0.29, 0.717) is 11.4 Å². The van der Waals surface area contributed by atoms with Crippen LogP contribution in [0.4, 0.5) is 10.1 Å². The number of rotatable bonds is 2. The molecule has 15 heavy (non-hydrogen) atoms. The molecule has 0 heterocycles. The summed E-state index contributed by atoms with van der Waals surface area (Å²) in [5.41, 5.74) is 5.65. The summed E-state index contributed by atoms with van der Waals surface area (Å²) in [5.74, 6) is -0.950. The van der Waals surface area contributed by atoms with Crippen LogP contribution in [0.15, 0.2) is 18.2 Å². The molecule has 3 N–H and O–H groups in total. The van der Waals surface area contributed by atoms with E-state index in [1.807, 2.05) is 0 Å². The smallest absolute Gasteiger partial charge is 0.229 e. The summed E-state index contributed by atoms with van der Waals surface area (Å²) in [7, 11) is 0. The predicted molar refractivity (Wildman–Crippen MR) is 56.1 cm³/mol. The van der Waals surface area contributed by atoms with Crippen molar-refractivity contribution >= 4 is 23.2 Å².